The molecule has 12 rings (SSSR count). The highest BCUT2D eigenvalue weighted by atomic mass is 16.3. The standard InChI is InChI=1S/C59H38N2O/c1-4-17-39(18-5-1)58-60-54(38-55(61-58)49-27-11-10-25-46(49)42-32-34-57-51(36-42)50-28-13-15-30-56(50)62-57)43-20-16-19-40(35-43)41-31-33-48-47-26-12-14-29-52(47)59(53(48)37-41,44-21-6-2-7-22-44)45-23-8-3-9-24-45/h1-38H. The maximum atomic E-state index is 6.20. The quantitative estimate of drug-likeness (QED) is 0.161. The third kappa shape index (κ3) is 5.74. The van der Waals surface area contributed by atoms with E-state index in [0.29, 0.717) is 5.82 Å². The zero-order valence-electron chi connectivity index (χ0n) is 33.7. The second kappa shape index (κ2) is 14.5. The van der Waals surface area contributed by atoms with E-state index in [4.69, 9.17) is 14.4 Å². The number of fused-ring (bicyclic) bond motifs is 6. The summed E-state index contributed by atoms with van der Waals surface area (Å²) in [5.74, 6) is 0.681. The van der Waals surface area contributed by atoms with Crippen molar-refractivity contribution < 1.29 is 4.42 Å². The van der Waals surface area contributed by atoms with Crippen LogP contribution in [0.15, 0.2) is 235 Å². The van der Waals surface area contributed by atoms with Gasteiger partial charge in [0.05, 0.1) is 16.8 Å². The fourth-order valence-corrected chi connectivity index (χ4v) is 9.78. The van der Waals surface area contributed by atoms with E-state index in [9.17, 15) is 0 Å². The van der Waals surface area contributed by atoms with Gasteiger partial charge in [0.1, 0.15) is 11.2 Å². The third-order valence-electron chi connectivity index (χ3n) is 12.6. The molecule has 2 aromatic heterocycles. The van der Waals surface area contributed by atoms with Crippen LogP contribution in [0.1, 0.15) is 22.3 Å². The Labute approximate surface area is 360 Å². The van der Waals surface area contributed by atoms with Crippen LogP contribution in [0.2, 0.25) is 0 Å². The molecule has 1 aliphatic rings. The summed E-state index contributed by atoms with van der Waals surface area (Å²) in [7, 11) is 0. The van der Waals surface area contributed by atoms with E-state index >= 15 is 0 Å². The summed E-state index contributed by atoms with van der Waals surface area (Å²) in [5.41, 5.74) is 18.1. The summed E-state index contributed by atoms with van der Waals surface area (Å²) >= 11 is 0. The average molecular weight is 791 g/mol. The van der Waals surface area contributed by atoms with Crippen molar-refractivity contribution in [2.75, 3.05) is 0 Å². The lowest BCUT2D eigenvalue weighted by Crippen LogP contribution is -2.28. The Kier molecular flexibility index (Phi) is 8.39. The molecule has 2 heterocycles. The van der Waals surface area contributed by atoms with Crippen molar-refractivity contribution >= 4 is 21.9 Å². The van der Waals surface area contributed by atoms with E-state index in [1.165, 1.54) is 33.4 Å². The number of hydrogen-bond acceptors (Lipinski definition) is 3. The molecule has 0 saturated heterocycles. The number of furan rings is 1. The van der Waals surface area contributed by atoms with Gasteiger partial charge in [0, 0.05) is 27.5 Å². The van der Waals surface area contributed by atoms with E-state index in [1.807, 2.05) is 30.3 Å². The van der Waals surface area contributed by atoms with Crippen molar-refractivity contribution in [3.8, 4) is 67.3 Å². The van der Waals surface area contributed by atoms with Gasteiger partial charge in [0.25, 0.3) is 0 Å². The lowest BCUT2D eigenvalue weighted by atomic mass is 9.67. The zero-order chi connectivity index (χ0) is 41.0. The first-order valence-electron chi connectivity index (χ1n) is 21.1. The highest BCUT2D eigenvalue weighted by Crippen LogP contribution is 2.56. The normalized spacial score (nSPS) is 12.6. The van der Waals surface area contributed by atoms with Gasteiger partial charge in [0.2, 0.25) is 0 Å². The summed E-state index contributed by atoms with van der Waals surface area (Å²) in [6.45, 7) is 0. The number of rotatable bonds is 7. The third-order valence-corrected chi connectivity index (χ3v) is 12.6. The number of para-hydroxylation sites is 1. The van der Waals surface area contributed by atoms with Crippen molar-refractivity contribution in [2.24, 2.45) is 0 Å². The van der Waals surface area contributed by atoms with Crippen LogP contribution in [-0.2, 0) is 5.41 Å². The fourth-order valence-electron chi connectivity index (χ4n) is 9.78. The molecule has 0 radical (unpaired) electrons. The Bertz CT molecular complexity index is 3420. The summed E-state index contributed by atoms with van der Waals surface area (Å²) < 4.78 is 6.20. The van der Waals surface area contributed by atoms with E-state index in [1.54, 1.807) is 0 Å². The number of benzene rings is 9. The molecule has 0 amide bonds. The largest absolute Gasteiger partial charge is 0.456 e. The van der Waals surface area contributed by atoms with Crippen molar-refractivity contribution in [1.29, 1.82) is 0 Å². The molecular formula is C59H38N2O. The van der Waals surface area contributed by atoms with Crippen molar-refractivity contribution in [3.63, 3.8) is 0 Å². The topological polar surface area (TPSA) is 38.9 Å². The maximum Gasteiger partial charge on any atom is 0.160 e. The van der Waals surface area contributed by atoms with Crippen LogP contribution in [-0.4, -0.2) is 9.97 Å². The van der Waals surface area contributed by atoms with Gasteiger partial charge in [-0.15, -0.1) is 0 Å². The van der Waals surface area contributed by atoms with Crippen LogP contribution in [0.4, 0.5) is 0 Å². The van der Waals surface area contributed by atoms with Crippen LogP contribution in [0.3, 0.4) is 0 Å². The molecule has 3 heteroatoms. The maximum absolute atomic E-state index is 6.20. The number of nitrogens with zero attached hydrogens (tertiary/aromatic N) is 2. The molecule has 0 unspecified atom stereocenters. The Morgan fingerprint density at radius 1 is 0.306 bits per heavy atom. The average Bonchev–Trinajstić information content (AvgIpc) is 3.88. The van der Waals surface area contributed by atoms with Gasteiger partial charge >= 0.3 is 0 Å². The minimum atomic E-state index is -0.475. The lowest BCUT2D eigenvalue weighted by molar-refractivity contribution is 0.669. The number of hydrogen-bond donors (Lipinski definition) is 0. The minimum Gasteiger partial charge on any atom is -0.456 e. The van der Waals surface area contributed by atoms with Gasteiger partial charge in [-0.2, -0.15) is 0 Å². The SMILES string of the molecule is c1ccc(-c2nc(-c3cccc(-c4ccc5c(c4)C(c4ccccc4)(c4ccccc4)c4ccccc4-5)c3)cc(-c3ccccc3-c3ccc4oc5ccccc5c4c3)n2)cc1. The molecule has 1 aliphatic carbocycles. The van der Waals surface area contributed by atoms with Crippen molar-refractivity contribution in [3.05, 3.63) is 253 Å². The van der Waals surface area contributed by atoms with Gasteiger partial charge < -0.3 is 4.42 Å². The summed E-state index contributed by atoms with van der Waals surface area (Å²) in [6.07, 6.45) is 0. The molecule has 0 fully saturated rings. The van der Waals surface area contributed by atoms with Crippen LogP contribution in [0.25, 0.3) is 89.2 Å². The highest BCUT2D eigenvalue weighted by Gasteiger charge is 2.46. The Morgan fingerprint density at radius 3 is 1.66 bits per heavy atom. The first kappa shape index (κ1) is 35.8. The van der Waals surface area contributed by atoms with Gasteiger partial charge in [0.15, 0.2) is 5.82 Å². The predicted octanol–water partition coefficient (Wildman–Crippen LogP) is 15.1. The first-order valence-corrected chi connectivity index (χ1v) is 21.1. The molecule has 9 aromatic carbocycles. The Hall–Kier alpha value is -8.14. The van der Waals surface area contributed by atoms with E-state index in [2.05, 4.69) is 200 Å². The van der Waals surface area contributed by atoms with Crippen molar-refractivity contribution in [1.82, 2.24) is 9.97 Å². The molecule has 0 spiro atoms. The summed E-state index contributed by atoms with van der Waals surface area (Å²) in [6, 6.07) is 82.3. The van der Waals surface area contributed by atoms with Gasteiger partial charge in [-0.05, 0) is 92.0 Å². The molecule has 3 nitrogen and oxygen atoms in total. The second-order valence-corrected chi connectivity index (χ2v) is 16.1. The van der Waals surface area contributed by atoms with Crippen LogP contribution < -0.4 is 0 Å². The van der Waals surface area contributed by atoms with Crippen molar-refractivity contribution in [2.45, 2.75) is 5.41 Å². The fraction of sp³-hybridized carbons (Fsp3) is 0.0169. The summed E-state index contributed by atoms with van der Waals surface area (Å²) in [5, 5.41) is 2.20. The zero-order valence-corrected chi connectivity index (χ0v) is 33.7. The highest BCUT2D eigenvalue weighted by molar-refractivity contribution is 6.06. The molecule has 0 bridgehead atoms. The monoisotopic (exact) mass is 790 g/mol. The summed E-state index contributed by atoms with van der Waals surface area (Å²) in [4.78, 5) is 10.5. The molecule has 0 saturated carbocycles. The van der Waals surface area contributed by atoms with E-state index in [-0.39, 0.29) is 0 Å². The molecule has 0 N–H and O–H groups in total. The Morgan fingerprint density at radius 2 is 0.871 bits per heavy atom. The number of aromatic nitrogens is 2. The molecular weight excluding hydrogens is 753 g/mol. The molecule has 0 atom stereocenters. The van der Waals surface area contributed by atoms with Gasteiger partial charge in [-0.3, -0.25) is 0 Å². The molecule has 0 aliphatic heterocycles. The second-order valence-electron chi connectivity index (χ2n) is 16.1. The lowest BCUT2D eigenvalue weighted by Gasteiger charge is -2.34. The molecule has 62 heavy (non-hydrogen) atoms. The minimum absolute atomic E-state index is 0.475. The van der Waals surface area contributed by atoms with Gasteiger partial charge in [-0.25, -0.2) is 9.97 Å². The first-order chi connectivity index (χ1) is 30.7. The smallest absolute Gasteiger partial charge is 0.160 e. The predicted molar refractivity (Wildman–Crippen MR) is 254 cm³/mol. The van der Waals surface area contributed by atoms with Gasteiger partial charge in [-0.1, -0.05) is 194 Å². The van der Waals surface area contributed by atoms with E-state index < -0.39 is 5.41 Å². The molecule has 290 valence electrons. The Balaban J connectivity index is 1.01. The molecule has 11 aromatic rings. The van der Waals surface area contributed by atoms with E-state index in [0.717, 1.165) is 72.3 Å². The van der Waals surface area contributed by atoms with Crippen LogP contribution in [0, 0.1) is 0 Å². The van der Waals surface area contributed by atoms with Crippen LogP contribution in [0.5, 0.6) is 0 Å². The van der Waals surface area contributed by atoms with Crippen LogP contribution >= 0.6 is 0 Å².